The second-order valence-electron chi connectivity index (χ2n) is 34.9. The summed E-state index contributed by atoms with van der Waals surface area (Å²) in [5.74, 6) is -1.27. The first kappa shape index (κ1) is 113. The van der Waals surface area contributed by atoms with Crippen LogP contribution in [0.1, 0.15) is 529 Å². The van der Waals surface area contributed by atoms with Gasteiger partial charge in [0.1, 0.15) is 19.3 Å². The lowest BCUT2D eigenvalue weighted by Crippen LogP contribution is -2.30. The number of phosphoric acid groups is 2. The lowest BCUT2D eigenvalue weighted by Gasteiger charge is -2.21. The van der Waals surface area contributed by atoms with Crippen molar-refractivity contribution in [3.05, 3.63) is 0 Å². The maximum Gasteiger partial charge on any atom is 0.472 e. The molecule has 0 radical (unpaired) electrons. The quantitative estimate of drug-likeness (QED) is 0.0222. The minimum Gasteiger partial charge on any atom is -0.462 e. The van der Waals surface area contributed by atoms with E-state index in [1.165, 1.54) is 353 Å². The van der Waals surface area contributed by atoms with Crippen molar-refractivity contribution < 1.29 is 80.2 Å². The molecule has 0 bridgehead atoms. The van der Waals surface area contributed by atoms with Crippen molar-refractivity contribution in [3.63, 3.8) is 0 Å². The SMILES string of the molecule is CCCCCCCCCCCCCCCCCCCCCCCC(=O)OC[C@H](COP(=O)(O)OC[C@@H](O)COP(=O)(O)OC[C@@H](COC(=O)CCCCCCCCCCCCCCC)OC(=O)CCCCCCCCCCCCCCCCCCCCCC)OC(=O)CCCCCCCCCCCCCCCCCCCCC(C)C. The summed E-state index contributed by atoms with van der Waals surface area (Å²) in [7, 11) is -9.94. The van der Waals surface area contributed by atoms with Crippen LogP contribution in [0.15, 0.2) is 0 Å². The highest BCUT2D eigenvalue weighted by Crippen LogP contribution is 2.45. The van der Waals surface area contributed by atoms with Crippen molar-refractivity contribution in [2.75, 3.05) is 39.6 Å². The summed E-state index contributed by atoms with van der Waals surface area (Å²) in [5, 5.41) is 10.7. The Bertz CT molecular complexity index is 2170. The Morgan fingerprint density at radius 1 is 0.235 bits per heavy atom. The molecular formula is C96H188O17P2. The highest BCUT2D eigenvalue weighted by atomic mass is 31.2. The van der Waals surface area contributed by atoms with E-state index in [0.717, 1.165) is 95.8 Å². The molecule has 115 heavy (non-hydrogen) atoms. The molecule has 0 aliphatic heterocycles. The number of carbonyl (C=O) groups excluding carboxylic acids is 4. The third kappa shape index (κ3) is 89.6. The van der Waals surface area contributed by atoms with E-state index in [9.17, 15) is 43.2 Å². The van der Waals surface area contributed by atoms with Crippen LogP contribution in [-0.4, -0.2) is 96.7 Å². The molecule has 5 atom stereocenters. The van der Waals surface area contributed by atoms with Crippen LogP contribution in [0.5, 0.6) is 0 Å². The summed E-state index contributed by atoms with van der Waals surface area (Å²) in [4.78, 5) is 73.6. The third-order valence-electron chi connectivity index (χ3n) is 22.8. The van der Waals surface area contributed by atoms with E-state index in [1.807, 2.05) is 0 Å². The highest BCUT2D eigenvalue weighted by molar-refractivity contribution is 7.47. The molecule has 3 N–H and O–H groups in total. The zero-order valence-electron chi connectivity index (χ0n) is 76.0. The van der Waals surface area contributed by atoms with Crippen molar-refractivity contribution >= 4 is 39.5 Å². The zero-order valence-corrected chi connectivity index (χ0v) is 77.7. The molecule has 0 rings (SSSR count). The van der Waals surface area contributed by atoms with Crippen LogP contribution in [0.25, 0.3) is 0 Å². The first-order valence-electron chi connectivity index (χ1n) is 49.6. The van der Waals surface area contributed by atoms with E-state index in [-0.39, 0.29) is 25.7 Å². The van der Waals surface area contributed by atoms with Crippen LogP contribution in [-0.2, 0) is 65.4 Å². The van der Waals surface area contributed by atoms with E-state index in [1.54, 1.807) is 0 Å². The smallest absolute Gasteiger partial charge is 0.462 e. The highest BCUT2D eigenvalue weighted by Gasteiger charge is 2.31. The van der Waals surface area contributed by atoms with Gasteiger partial charge in [-0.05, 0) is 31.6 Å². The number of aliphatic hydroxyl groups excluding tert-OH is 1. The molecule has 0 fully saturated rings. The van der Waals surface area contributed by atoms with E-state index >= 15 is 0 Å². The van der Waals surface area contributed by atoms with Crippen molar-refractivity contribution in [2.45, 2.75) is 547 Å². The summed E-state index contributed by atoms with van der Waals surface area (Å²) in [6, 6.07) is 0. The van der Waals surface area contributed by atoms with Crippen LogP contribution in [0, 0.1) is 5.92 Å². The molecule has 0 aromatic rings. The van der Waals surface area contributed by atoms with Gasteiger partial charge in [-0.15, -0.1) is 0 Å². The lowest BCUT2D eigenvalue weighted by molar-refractivity contribution is -0.161. The number of carbonyl (C=O) groups is 4. The molecule has 0 heterocycles. The van der Waals surface area contributed by atoms with Gasteiger partial charge in [-0.3, -0.25) is 37.3 Å². The fourth-order valence-electron chi connectivity index (χ4n) is 15.2. The molecule has 0 amide bonds. The summed E-state index contributed by atoms with van der Waals surface area (Å²) in [6.45, 7) is 7.47. The normalized spacial score (nSPS) is 13.6. The largest absolute Gasteiger partial charge is 0.472 e. The van der Waals surface area contributed by atoms with E-state index in [2.05, 4.69) is 34.6 Å². The maximum atomic E-state index is 13.2. The Morgan fingerprint density at radius 2 is 0.400 bits per heavy atom. The van der Waals surface area contributed by atoms with Crippen LogP contribution in [0.3, 0.4) is 0 Å². The maximum absolute atomic E-state index is 13.2. The summed E-state index contributed by atoms with van der Waals surface area (Å²) < 4.78 is 69.2. The van der Waals surface area contributed by atoms with E-state index in [4.69, 9.17) is 37.0 Å². The molecule has 0 aliphatic carbocycles. The number of aliphatic hydroxyl groups is 1. The monoisotopic (exact) mass is 1680 g/mol. The minimum absolute atomic E-state index is 0.110. The summed E-state index contributed by atoms with van der Waals surface area (Å²) in [5.41, 5.74) is 0. The Balaban J connectivity index is 5.25. The van der Waals surface area contributed by atoms with Crippen molar-refractivity contribution in [3.8, 4) is 0 Å². The van der Waals surface area contributed by atoms with E-state index < -0.39 is 97.5 Å². The number of rotatable bonds is 96. The van der Waals surface area contributed by atoms with Gasteiger partial charge in [0.15, 0.2) is 12.2 Å². The molecule has 0 saturated carbocycles. The molecule has 0 spiro atoms. The van der Waals surface area contributed by atoms with Gasteiger partial charge >= 0.3 is 39.5 Å². The number of unbranched alkanes of at least 4 members (excludes halogenated alkanes) is 68. The van der Waals surface area contributed by atoms with Gasteiger partial charge in [0.25, 0.3) is 0 Å². The molecule has 17 nitrogen and oxygen atoms in total. The lowest BCUT2D eigenvalue weighted by atomic mass is 10.0. The molecule has 0 aromatic carbocycles. The number of esters is 4. The van der Waals surface area contributed by atoms with Crippen molar-refractivity contribution in [1.82, 2.24) is 0 Å². The van der Waals surface area contributed by atoms with Gasteiger partial charge in [0, 0.05) is 25.7 Å². The number of ether oxygens (including phenoxy) is 4. The van der Waals surface area contributed by atoms with Crippen LogP contribution in [0.2, 0.25) is 0 Å². The number of phosphoric ester groups is 2. The Morgan fingerprint density at radius 3 is 0.591 bits per heavy atom. The molecule has 19 heteroatoms. The summed E-state index contributed by atoms with van der Waals surface area (Å²) >= 11 is 0. The first-order valence-corrected chi connectivity index (χ1v) is 52.6. The van der Waals surface area contributed by atoms with E-state index in [0.29, 0.717) is 25.7 Å². The Kier molecular flexibility index (Phi) is 86.9. The first-order chi connectivity index (χ1) is 56.0. The minimum atomic E-state index is -4.97. The van der Waals surface area contributed by atoms with Crippen molar-refractivity contribution in [2.24, 2.45) is 5.92 Å². The van der Waals surface area contributed by atoms with Crippen LogP contribution in [0.4, 0.5) is 0 Å². The standard InChI is InChI=1S/C96H188O17P2/c1-6-9-12-15-18-21-24-27-29-31-33-35-37-41-45-50-55-60-65-70-75-80-94(99)107-86-92(113-96(101)82-77-72-67-62-57-52-47-43-39-38-40-44-49-53-58-63-68-73-78-89(4)5)88-111-115(104,105)109-84-90(97)83-108-114(102,103)110-87-91(85-106-93(98)79-74-69-64-59-54-48-26-23-20-17-14-11-8-3)112-95(100)81-76-71-66-61-56-51-46-42-36-34-32-30-28-25-22-19-16-13-10-7-2/h89-92,97H,6-88H2,1-5H3,(H,102,103)(H,104,105)/t90-,91+,92+/m0/s1. The molecule has 0 saturated heterocycles. The number of hydrogen-bond donors (Lipinski definition) is 3. The predicted octanol–water partition coefficient (Wildman–Crippen LogP) is 30.3. The Hall–Kier alpha value is -1.94. The Labute approximate surface area is 708 Å². The van der Waals surface area contributed by atoms with Crippen molar-refractivity contribution in [1.29, 1.82) is 0 Å². The molecule has 0 aliphatic rings. The second kappa shape index (κ2) is 88.4. The predicted molar refractivity (Wildman–Crippen MR) is 479 cm³/mol. The topological polar surface area (TPSA) is 237 Å². The molecule has 0 aromatic heterocycles. The second-order valence-corrected chi connectivity index (χ2v) is 37.8. The van der Waals surface area contributed by atoms with Gasteiger partial charge in [0.2, 0.25) is 0 Å². The average Bonchev–Trinajstić information content (AvgIpc) is 0.813. The van der Waals surface area contributed by atoms with Gasteiger partial charge in [-0.1, -0.05) is 478 Å². The zero-order chi connectivity index (χ0) is 84.0. The van der Waals surface area contributed by atoms with Gasteiger partial charge in [-0.2, -0.15) is 0 Å². The van der Waals surface area contributed by atoms with Gasteiger partial charge < -0.3 is 33.8 Å². The van der Waals surface area contributed by atoms with Crippen LogP contribution >= 0.6 is 15.6 Å². The average molecular weight is 1680 g/mol. The molecule has 2 unspecified atom stereocenters. The van der Waals surface area contributed by atoms with Gasteiger partial charge in [-0.25, -0.2) is 9.13 Å². The number of hydrogen-bond acceptors (Lipinski definition) is 15. The molecule has 684 valence electrons. The fraction of sp³-hybridized carbons (Fsp3) is 0.958. The third-order valence-corrected chi connectivity index (χ3v) is 24.7. The molecular weight excluding hydrogens is 1490 g/mol. The van der Waals surface area contributed by atoms with Gasteiger partial charge in [0.05, 0.1) is 26.4 Å². The summed E-state index contributed by atoms with van der Waals surface area (Å²) in [6.07, 6.45) is 86.3. The fourth-order valence-corrected chi connectivity index (χ4v) is 16.8. The van der Waals surface area contributed by atoms with Crippen LogP contribution < -0.4 is 0 Å².